The molecule has 1 aliphatic carbocycles. The number of halogens is 2. The molecule has 3 aromatic rings. The number of ether oxygens (including phenoxy) is 1. The molecule has 0 saturated heterocycles. The van der Waals surface area contributed by atoms with Crippen LogP contribution in [0.1, 0.15) is 30.4 Å². The summed E-state index contributed by atoms with van der Waals surface area (Å²) in [5.74, 6) is -0.0388. The average Bonchev–Trinajstić information content (AvgIpc) is 3.36. The lowest BCUT2D eigenvalue weighted by atomic mass is 9.94. The Hall–Kier alpha value is -3.02. The quantitative estimate of drug-likeness (QED) is 0.389. The topological polar surface area (TPSA) is 67.4 Å². The van der Waals surface area contributed by atoms with Gasteiger partial charge in [-0.2, -0.15) is 0 Å². The highest BCUT2D eigenvalue weighted by Crippen LogP contribution is 2.33. The lowest BCUT2D eigenvalue weighted by Gasteiger charge is -2.19. The molecule has 2 amide bonds. The molecule has 0 aromatic heterocycles. The van der Waals surface area contributed by atoms with Crippen molar-refractivity contribution < 1.29 is 14.3 Å². The molecule has 1 fully saturated rings. The molecule has 1 aliphatic rings. The predicted molar refractivity (Wildman–Crippen MR) is 139 cm³/mol. The molecule has 0 radical (unpaired) electrons. The molecule has 5 nitrogen and oxygen atoms in total. The molecule has 2 atom stereocenters. The molecule has 35 heavy (non-hydrogen) atoms. The van der Waals surface area contributed by atoms with Gasteiger partial charge in [-0.05, 0) is 53.8 Å². The predicted octanol–water partition coefficient (Wildman–Crippen LogP) is 6.02. The molecule has 3 aromatic carbocycles. The molecule has 4 rings (SSSR count). The number of nitrogens with one attached hydrogen (secondary N) is 2. The maximum Gasteiger partial charge on any atom is 0.224 e. The zero-order valence-electron chi connectivity index (χ0n) is 19.5. The van der Waals surface area contributed by atoms with Crippen LogP contribution in [0.15, 0.2) is 66.7 Å². The molecule has 2 N–H and O–H groups in total. The summed E-state index contributed by atoms with van der Waals surface area (Å²) in [7, 11) is 1.66. The normalized spacial score (nSPS) is 17.1. The Kier molecular flexibility index (Phi) is 8.32. The van der Waals surface area contributed by atoms with E-state index in [0.717, 1.165) is 34.4 Å². The lowest BCUT2D eigenvalue weighted by molar-refractivity contribution is -0.133. The summed E-state index contributed by atoms with van der Waals surface area (Å²) >= 11 is 12.1. The number of hydrogen-bond acceptors (Lipinski definition) is 3. The first kappa shape index (κ1) is 25.1. The maximum absolute atomic E-state index is 12.9. The highest BCUT2D eigenvalue weighted by atomic mass is 35.5. The van der Waals surface area contributed by atoms with Gasteiger partial charge in [0.1, 0.15) is 5.75 Å². The van der Waals surface area contributed by atoms with Gasteiger partial charge in [-0.25, -0.2) is 0 Å². The Bertz CT molecular complexity index is 1180. The summed E-state index contributed by atoms with van der Waals surface area (Å²) in [5.41, 5.74) is 3.89. The highest BCUT2D eigenvalue weighted by molar-refractivity contribution is 6.34. The van der Waals surface area contributed by atoms with Crippen LogP contribution in [0.2, 0.25) is 10.0 Å². The summed E-state index contributed by atoms with van der Waals surface area (Å²) in [6.07, 6.45) is 2.26. The molecule has 0 aliphatic heterocycles. The third-order valence-corrected chi connectivity index (χ3v) is 6.85. The number of para-hydroxylation sites is 1. The van der Waals surface area contributed by atoms with E-state index < -0.39 is 0 Å². The van der Waals surface area contributed by atoms with Crippen molar-refractivity contribution in [1.29, 1.82) is 0 Å². The largest absolute Gasteiger partial charge is 0.496 e. The van der Waals surface area contributed by atoms with Crippen molar-refractivity contribution in [3.63, 3.8) is 0 Å². The summed E-state index contributed by atoms with van der Waals surface area (Å²) in [4.78, 5) is 25.8. The van der Waals surface area contributed by atoms with E-state index in [0.29, 0.717) is 36.0 Å². The number of benzene rings is 3. The van der Waals surface area contributed by atoms with Gasteiger partial charge in [0.15, 0.2) is 0 Å². The number of amides is 2. The smallest absolute Gasteiger partial charge is 0.224 e. The minimum Gasteiger partial charge on any atom is -0.496 e. The van der Waals surface area contributed by atoms with Gasteiger partial charge in [0.2, 0.25) is 11.8 Å². The Morgan fingerprint density at radius 1 is 0.829 bits per heavy atom. The first-order valence-electron chi connectivity index (χ1n) is 11.7. The number of carbonyl (C=O) groups excluding carboxylic acids is 2. The first-order chi connectivity index (χ1) is 16.9. The SMILES string of the molecule is COc1ccccc1-c1ccc(CNC(=O)C2CCCC2C(=O)NCc2cc(Cl)cc(Cl)c2)cc1. The van der Waals surface area contributed by atoms with Crippen LogP contribution < -0.4 is 15.4 Å². The van der Waals surface area contributed by atoms with Crippen LogP contribution in [0.4, 0.5) is 0 Å². The summed E-state index contributed by atoms with van der Waals surface area (Å²) in [6.45, 7) is 0.736. The molecule has 0 spiro atoms. The van der Waals surface area contributed by atoms with E-state index in [-0.39, 0.29) is 23.7 Å². The third-order valence-electron chi connectivity index (χ3n) is 6.42. The van der Waals surface area contributed by atoms with Gasteiger partial charge in [-0.3, -0.25) is 9.59 Å². The van der Waals surface area contributed by atoms with E-state index in [1.54, 1.807) is 25.3 Å². The van der Waals surface area contributed by atoms with Crippen molar-refractivity contribution >= 4 is 35.0 Å². The Morgan fingerprint density at radius 3 is 2.00 bits per heavy atom. The van der Waals surface area contributed by atoms with Gasteiger partial charge in [-0.15, -0.1) is 0 Å². The second-order valence-electron chi connectivity index (χ2n) is 8.75. The Balaban J connectivity index is 1.32. The van der Waals surface area contributed by atoms with Gasteiger partial charge in [0.05, 0.1) is 7.11 Å². The molecular weight excluding hydrogens is 483 g/mol. The maximum atomic E-state index is 12.9. The van der Waals surface area contributed by atoms with Crippen LogP contribution >= 0.6 is 23.2 Å². The number of carbonyl (C=O) groups is 2. The van der Waals surface area contributed by atoms with Gasteiger partial charge in [-0.1, -0.05) is 72.1 Å². The zero-order chi connectivity index (χ0) is 24.8. The highest BCUT2D eigenvalue weighted by Gasteiger charge is 2.37. The van der Waals surface area contributed by atoms with Crippen LogP contribution in [0, 0.1) is 11.8 Å². The minimum atomic E-state index is -0.336. The number of rotatable bonds is 8. The van der Waals surface area contributed by atoms with Crippen molar-refractivity contribution in [2.75, 3.05) is 7.11 Å². The van der Waals surface area contributed by atoms with Gasteiger partial charge in [0.25, 0.3) is 0 Å². The molecule has 2 unspecified atom stereocenters. The molecule has 1 saturated carbocycles. The van der Waals surface area contributed by atoms with Crippen LogP contribution in [-0.4, -0.2) is 18.9 Å². The summed E-state index contributed by atoms with van der Waals surface area (Å²) in [5, 5.41) is 7.00. The molecule has 182 valence electrons. The van der Waals surface area contributed by atoms with Crippen molar-refractivity contribution in [2.45, 2.75) is 32.4 Å². The zero-order valence-corrected chi connectivity index (χ0v) is 21.0. The molecule has 7 heteroatoms. The van der Waals surface area contributed by atoms with Crippen molar-refractivity contribution in [3.8, 4) is 16.9 Å². The van der Waals surface area contributed by atoms with Crippen LogP contribution in [0.3, 0.4) is 0 Å². The minimum absolute atomic E-state index is 0.0812. The third kappa shape index (κ3) is 6.36. The Morgan fingerprint density at radius 2 is 1.40 bits per heavy atom. The second-order valence-corrected chi connectivity index (χ2v) is 9.63. The second kappa shape index (κ2) is 11.6. The van der Waals surface area contributed by atoms with E-state index in [2.05, 4.69) is 10.6 Å². The monoisotopic (exact) mass is 510 g/mol. The van der Waals surface area contributed by atoms with E-state index in [4.69, 9.17) is 27.9 Å². The van der Waals surface area contributed by atoms with E-state index in [9.17, 15) is 9.59 Å². The number of hydrogen-bond donors (Lipinski definition) is 2. The average molecular weight is 511 g/mol. The van der Waals surface area contributed by atoms with E-state index in [1.165, 1.54) is 0 Å². The standard InChI is InChI=1S/C28H28Cl2N2O3/c1-35-26-8-3-2-5-23(26)20-11-9-18(10-12-20)16-31-27(33)24-6-4-7-25(24)28(34)32-17-19-13-21(29)15-22(30)14-19/h2-3,5,8-15,24-25H,4,6-7,16-17H2,1H3,(H,31,33)(H,32,34). The summed E-state index contributed by atoms with van der Waals surface area (Å²) < 4.78 is 5.45. The van der Waals surface area contributed by atoms with Crippen molar-refractivity contribution in [3.05, 3.63) is 87.9 Å². The molecule has 0 heterocycles. The van der Waals surface area contributed by atoms with E-state index >= 15 is 0 Å². The van der Waals surface area contributed by atoms with Crippen LogP contribution in [-0.2, 0) is 22.7 Å². The fraction of sp³-hybridized carbons (Fsp3) is 0.286. The molecule has 0 bridgehead atoms. The van der Waals surface area contributed by atoms with Gasteiger partial charge in [0, 0.05) is 40.5 Å². The van der Waals surface area contributed by atoms with E-state index in [1.807, 2.05) is 48.5 Å². The van der Waals surface area contributed by atoms with Crippen LogP contribution in [0.5, 0.6) is 5.75 Å². The Labute approximate surface area is 215 Å². The molecular formula is C28H28Cl2N2O3. The van der Waals surface area contributed by atoms with Gasteiger partial charge < -0.3 is 15.4 Å². The van der Waals surface area contributed by atoms with Crippen molar-refractivity contribution in [1.82, 2.24) is 10.6 Å². The first-order valence-corrected chi connectivity index (χ1v) is 12.4. The van der Waals surface area contributed by atoms with Crippen molar-refractivity contribution in [2.24, 2.45) is 11.8 Å². The van der Waals surface area contributed by atoms with Crippen LogP contribution in [0.25, 0.3) is 11.1 Å². The number of methoxy groups -OCH3 is 1. The van der Waals surface area contributed by atoms with Gasteiger partial charge >= 0.3 is 0 Å². The fourth-order valence-corrected chi connectivity index (χ4v) is 5.20. The summed E-state index contributed by atoms with van der Waals surface area (Å²) in [6, 6.07) is 21.1. The lowest BCUT2D eigenvalue weighted by Crippen LogP contribution is -2.39. The fourth-order valence-electron chi connectivity index (χ4n) is 4.63.